The minimum Gasteiger partial charge on any atom is -0.481 e. The Morgan fingerprint density at radius 2 is 1.67 bits per heavy atom. The van der Waals surface area contributed by atoms with Gasteiger partial charge in [-0.3, -0.25) is 14.4 Å². The largest absolute Gasteiger partial charge is 0.481 e. The fraction of sp³-hybridized carbons (Fsp3) is 0.682. The SMILES string of the molecule is O=C(O)[C@@H]1[C@@H](C(=O)Nc2sc3c(c2C(=O)N2CCCCC2)CCCC3)[C@H]2CC[C@H]1O2. The Labute approximate surface area is 179 Å². The van der Waals surface area contributed by atoms with E-state index in [0.717, 1.165) is 63.6 Å². The molecule has 2 bridgehead atoms. The number of nitrogens with one attached hydrogen (secondary N) is 1. The summed E-state index contributed by atoms with van der Waals surface area (Å²) >= 11 is 1.50. The van der Waals surface area contributed by atoms with Gasteiger partial charge in [-0.05, 0) is 63.4 Å². The van der Waals surface area contributed by atoms with E-state index in [9.17, 15) is 19.5 Å². The van der Waals surface area contributed by atoms with Crippen molar-refractivity contribution in [3.63, 3.8) is 0 Å². The molecule has 5 rings (SSSR count). The average molecular weight is 433 g/mol. The molecule has 4 atom stereocenters. The van der Waals surface area contributed by atoms with Crippen LogP contribution >= 0.6 is 11.3 Å². The summed E-state index contributed by atoms with van der Waals surface area (Å²) in [6.07, 6.45) is 7.82. The molecule has 0 aromatic carbocycles. The highest BCUT2D eigenvalue weighted by Crippen LogP contribution is 2.45. The number of thiophene rings is 1. The number of piperidine rings is 1. The molecule has 0 radical (unpaired) electrons. The van der Waals surface area contributed by atoms with Crippen LogP contribution < -0.4 is 5.32 Å². The first-order valence-corrected chi connectivity index (χ1v) is 12.0. The van der Waals surface area contributed by atoms with Crippen LogP contribution in [0.25, 0.3) is 0 Å². The molecule has 1 aromatic heterocycles. The zero-order chi connectivity index (χ0) is 20.8. The first kappa shape index (κ1) is 20.0. The van der Waals surface area contributed by atoms with E-state index in [4.69, 9.17) is 4.74 Å². The minimum absolute atomic E-state index is 0.0170. The number of anilines is 1. The van der Waals surface area contributed by atoms with E-state index in [2.05, 4.69) is 5.32 Å². The number of carbonyl (C=O) groups is 3. The second-order valence-electron chi connectivity index (χ2n) is 8.94. The number of hydrogen-bond acceptors (Lipinski definition) is 5. The van der Waals surface area contributed by atoms with Gasteiger partial charge in [-0.1, -0.05) is 0 Å². The minimum atomic E-state index is -0.975. The number of amides is 2. The van der Waals surface area contributed by atoms with Crippen molar-refractivity contribution in [3.05, 3.63) is 16.0 Å². The van der Waals surface area contributed by atoms with E-state index in [1.807, 2.05) is 4.90 Å². The van der Waals surface area contributed by atoms with E-state index in [0.29, 0.717) is 23.4 Å². The number of rotatable bonds is 4. The predicted molar refractivity (Wildman–Crippen MR) is 112 cm³/mol. The van der Waals surface area contributed by atoms with Gasteiger partial charge in [0.2, 0.25) is 5.91 Å². The first-order chi connectivity index (χ1) is 14.5. The number of nitrogens with zero attached hydrogens (tertiary/aromatic N) is 1. The molecule has 2 amide bonds. The number of aliphatic carboxylic acids is 1. The third-order valence-corrected chi connectivity index (χ3v) is 8.33. The van der Waals surface area contributed by atoms with Crippen LogP contribution in [0.15, 0.2) is 0 Å². The lowest BCUT2D eigenvalue weighted by Gasteiger charge is -2.28. The normalized spacial score (nSPS) is 30.2. The number of aryl methyl sites for hydroxylation is 1. The number of fused-ring (bicyclic) bond motifs is 3. The maximum absolute atomic E-state index is 13.4. The number of likely N-dealkylation sites (tertiary alicyclic amines) is 1. The first-order valence-electron chi connectivity index (χ1n) is 11.2. The van der Waals surface area contributed by atoms with Crippen molar-refractivity contribution in [1.82, 2.24) is 4.90 Å². The number of carboxylic acid groups (broad SMARTS) is 1. The Morgan fingerprint density at radius 3 is 2.40 bits per heavy atom. The van der Waals surface area contributed by atoms with Crippen LogP contribution in [0.4, 0.5) is 5.00 Å². The molecule has 0 spiro atoms. The van der Waals surface area contributed by atoms with Crippen LogP contribution in [-0.2, 0) is 27.2 Å². The summed E-state index contributed by atoms with van der Waals surface area (Å²) in [7, 11) is 0. The molecule has 0 unspecified atom stereocenters. The topological polar surface area (TPSA) is 95.9 Å². The average Bonchev–Trinajstić information content (AvgIpc) is 3.46. The van der Waals surface area contributed by atoms with Crippen LogP contribution in [0.2, 0.25) is 0 Å². The number of carboxylic acids is 1. The van der Waals surface area contributed by atoms with E-state index < -0.39 is 17.8 Å². The molecule has 4 heterocycles. The Bertz CT molecular complexity index is 875. The molecule has 30 heavy (non-hydrogen) atoms. The van der Waals surface area contributed by atoms with Gasteiger partial charge in [0.1, 0.15) is 5.00 Å². The maximum Gasteiger partial charge on any atom is 0.310 e. The third kappa shape index (κ3) is 3.34. The predicted octanol–water partition coefficient (Wildman–Crippen LogP) is 3.07. The number of ether oxygens (including phenoxy) is 1. The molecule has 8 heteroatoms. The van der Waals surface area contributed by atoms with Crippen molar-refractivity contribution in [2.45, 2.75) is 70.0 Å². The second kappa shape index (κ2) is 7.96. The van der Waals surface area contributed by atoms with Crippen LogP contribution in [0.5, 0.6) is 0 Å². The van der Waals surface area contributed by atoms with Crippen molar-refractivity contribution in [1.29, 1.82) is 0 Å². The van der Waals surface area contributed by atoms with E-state index >= 15 is 0 Å². The molecule has 1 aliphatic carbocycles. The fourth-order valence-electron chi connectivity index (χ4n) is 5.66. The molecule has 0 saturated carbocycles. The highest BCUT2D eigenvalue weighted by molar-refractivity contribution is 7.17. The summed E-state index contributed by atoms with van der Waals surface area (Å²) in [5.41, 5.74) is 1.75. The summed E-state index contributed by atoms with van der Waals surface area (Å²) < 4.78 is 5.76. The third-order valence-electron chi connectivity index (χ3n) is 7.13. The molecule has 1 aromatic rings. The van der Waals surface area contributed by atoms with Crippen LogP contribution in [-0.4, -0.2) is 53.1 Å². The zero-order valence-corrected chi connectivity index (χ0v) is 17.8. The molecule has 7 nitrogen and oxygen atoms in total. The lowest BCUT2D eigenvalue weighted by atomic mass is 9.78. The van der Waals surface area contributed by atoms with Gasteiger partial charge in [0.15, 0.2) is 0 Å². The Hall–Kier alpha value is -1.93. The van der Waals surface area contributed by atoms with Gasteiger partial charge in [-0.15, -0.1) is 11.3 Å². The monoisotopic (exact) mass is 432 g/mol. The standard InChI is InChI=1S/C22H28N2O5S/c25-19(17-13-8-9-14(29-13)18(17)22(27)28)23-20-16(12-6-2-3-7-15(12)30-20)21(26)24-10-4-1-5-11-24/h13-14,17-18H,1-11H2,(H,23,25)(H,27,28)/t13-,14-,17+,18+/m1/s1. The molecule has 3 saturated heterocycles. The summed E-state index contributed by atoms with van der Waals surface area (Å²) in [4.78, 5) is 41.5. The quantitative estimate of drug-likeness (QED) is 0.762. The van der Waals surface area contributed by atoms with Gasteiger partial charge in [-0.25, -0.2) is 0 Å². The summed E-state index contributed by atoms with van der Waals surface area (Å²) in [6.45, 7) is 1.52. The molecule has 3 aliphatic heterocycles. The Morgan fingerprint density at radius 1 is 0.967 bits per heavy atom. The lowest BCUT2D eigenvalue weighted by Crippen LogP contribution is -2.41. The zero-order valence-electron chi connectivity index (χ0n) is 17.0. The molecule has 2 N–H and O–H groups in total. The van der Waals surface area contributed by atoms with Gasteiger partial charge in [0.05, 0.1) is 29.6 Å². The van der Waals surface area contributed by atoms with Crippen LogP contribution in [0.3, 0.4) is 0 Å². The van der Waals surface area contributed by atoms with E-state index in [1.165, 1.54) is 16.2 Å². The van der Waals surface area contributed by atoms with Crippen molar-refractivity contribution < 1.29 is 24.2 Å². The number of carbonyl (C=O) groups excluding carboxylic acids is 2. The van der Waals surface area contributed by atoms with Gasteiger partial charge < -0.3 is 20.1 Å². The van der Waals surface area contributed by atoms with Gasteiger partial charge in [-0.2, -0.15) is 0 Å². The van der Waals surface area contributed by atoms with Crippen molar-refractivity contribution in [2.75, 3.05) is 18.4 Å². The summed E-state index contributed by atoms with van der Waals surface area (Å²) in [5.74, 6) is -2.78. The molecular formula is C22H28N2O5S. The van der Waals surface area contributed by atoms with Crippen LogP contribution in [0.1, 0.15) is 65.7 Å². The molecule has 162 valence electrons. The van der Waals surface area contributed by atoms with E-state index in [-0.39, 0.29) is 24.0 Å². The van der Waals surface area contributed by atoms with Crippen LogP contribution in [0, 0.1) is 11.8 Å². The molecular weight excluding hydrogens is 404 g/mol. The highest BCUT2D eigenvalue weighted by atomic mass is 32.1. The van der Waals surface area contributed by atoms with Crippen molar-refractivity contribution >= 4 is 34.1 Å². The summed E-state index contributed by atoms with van der Waals surface area (Å²) in [6, 6.07) is 0. The number of hydrogen-bond donors (Lipinski definition) is 2. The fourth-order valence-corrected chi connectivity index (χ4v) is 6.94. The van der Waals surface area contributed by atoms with Crippen molar-refractivity contribution in [3.8, 4) is 0 Å². The smallest absolute Gasteiger partial charge is 0.310 e. The Balaban J connectivity index is 1.44. The second-order valence-corrected chi connectivity index (χ2v) is 10.0. The van der Waals surface area contributed by atoms with Gasteiger partial charge in [0, 0.05) is 18.0 Å². The molecule has 4 aliphatic rings. The van der Waals surface area contributed by atoms with Crippen molar-refractivity contribution in [2.24, 2.45) is 11.8 Å². The molecule has 3 fully saturated rings. The maximum atomic E-state index is 13.4. The van der Waals surface area contributed by atoms with E-state index in [1.54, 1.807) is 0 Å². The van der Waals surface area contributed by atoms with Gasteiger partial charge in [0.25, 0.3) is 5.91 Å². The summed E-state index contributed by atoms with van der Waals surface area (Å²) in [5, 5.41) is 13.2. The lowest BCUT2D eigenvalue weighted by molar-refractivity contribution is -0.147. The Kier molecular flexibility index (Phi) is 5.31. The highest BCUT2D eigenvalue weighted by Gasteiger charge is 2.55. The van der Waals surface area contributed by atoms with Gasteiger partial charge >= 0.3 is 5.97 Å².